The number of hydrogen-bond acceptors (Lipinski definition) is 4. The van der Waals surface area contributed by atoms with E-state index in [-0.39, 0.29) is 0 Å². The molecule has 0 bridgehead atoms. The number of nitrogens with zero attached hydrogens (tertiary/aromatic N) is 2. The zero-order valence-corrected chi connectivity index (χ0v) is 13.3. The van der Waals surface area contributed by atoms with Crippen LogP contribution in [0.5, 0.6) is 0 Å². The number of rotatable bonds is 9. The highest BCUT2D eigenvalue weighted by atomic mass is 16.5. The van der Waals surface area contributed by atoms with Crippen LogP contribution in [0.25, 0.3) is 0 Å². The molecule has 0 aromatic rings. The van der Waals surface area contributed by atoms with Crippen molar-refractivity contribution in [3.63, 3.8) is 0 Å². The van der Waals surface area contributed by atoms with Gasteiger partial charge in [-0.1, -0.05) is 13.3 Å². The van der Waals surface area contributed by atoms with Crippen LogP contribution in [0.2, 0.25) is 0 Å². The van der Waals surface area contributed by atoms with E-state index in [1.165, 1.54) is 64.8 Å². The summed E-state index contributed by atoms with van der Waals surface area (Å²) in [7, 11) is 0. The van der Waals surface area contributed by atoms with Crippen LogP contribution in [0.15, 0.2) is 0 Å². The van der Waals surface area contributed by atoms with Crippen molar-refractivity contribution in [1.82, 2.24) is 15.1 Å². The summed E-state index contributed by atoms with van der Waals surface area (Å²) in [4.78, 5) is 5.36. The van der Waals surface area contributed by atoms with Gasteiger partial charge in [0.2, 0.25) is 0 Å². The van der Waals surface area contributed by atoms with Crippen molar-refractivity contribution in [3.8, 4) is 0 Å². The van der Waals surface area contributed by atoms with E-state index in [0.717, 1.165) is 32.3 Å². The molecule has 0 aliphatic carbocycles. The van der Waals surface area contributed by atoms with Crippen LogP contribution in [0, 0.1) is 0 Å². The zero-order chi connectivity index (χ0) is 14.0. The van der Waals surface area contributed by atoms with Gasteiger partial charge in [-0.05, 0) is 45.3 Å². The lowest BCUT2D eigenvalue weighted by atomic mass is 10.2. The van der Waals surface area contributed by atoms with E-state index in [2.05, 4.69) is 22.0 Å². The van der Waals surface area contributed by atoms with Crippen LogP contribution in [-0.2, 0) is 4.74 Å². The lowest BCUT2D eigenvalue weighted by Gasteiger charge is -2.25. The second-order valence-electron chi connectivity index (χ2n) is 6.20. The summed E-state index contributed by atoms with van der Waals surface area (Å²) in [6, 6.07) is 0.842. The van der Waals surface area contributed by atoms with E-state index in [1.54, 1.807) is 0 Å². The van der Waals surface area contributed by atoms with Gasteiger partial charge in [0.25, 0.3) is 0 Å². The Morgan fingerprint density at radius 3 is 2.90 bits per heavy atom. The lowest BCUT2D eigenvalue weighted by Crippen LogP contribution is -2.39. The molecule has 118 valence electrons. The van der Waals surface area contributed by atoms with Crippen LogP contribution >= 0.6 is 0 Å². The number of nitrogens with one attached hydrogen (secondary N) is 1. The maximum Gasteiger partial charge on any atom is 0.0590 e. The molecule has 0 saturated carbocycles. The van der Waals surface area contributed by atoms with Crippen LogP contribution in [0.1, 0.15) is 39.0 Å². The summed E-state index contributed by atoms with van der Waals surface area (Å²) in [5.41, 5.74) is 0. The zero-order valence-electron chi connectivity index (χ0n) is 13.3. The SMILES string of the molecule is CCCCOCCNCCN1CCCN2CCCC2C1. The molecule has 0 aromatic heterocycles. The van der Waals surface area contributed by atoms with Crippen molar-refractivity contribution < 1.29 is 4.74 Å². The van der Waals surface area contributed by atoms with Gasteiger partial charge >= 0.3 is 0 Å². The fourth-order valence-electron chi connectivity index (χ4n) is 3.34. The Morgan fingerprint density at radius 2 is 2.00 bits per heavy atom. The molecule has 0 amide bonds. The summed E-state index contributed by atoms with van der Waals surface area (Å²) >= 11 is 0. The van der Waals surface area contributed by atoms with Crippen LogP contribution in [0.3, 0.4) is 0 Å². The second kappa shape index (κ2) is 9.72. The molecule has 1 atom stereocenters. The van der Waals surface area contributed by atoms with Gasteiger partial charge < -0.3 is 15.0 Å². The average molecular weight is 283 g/mol. The number of fused-ring (bicyclic) bond motifs is 1. The van der Waals surface area contributed by atoms with E-state index < -0.39 is 0 Å². The fourth-order valence-corrected chi connectivity index (χ4v) is 3.34. The lowest BCUT2D eigenvalue weighted by molar-refractivity contribution is 0.132. The number of hydrogen-bond donors (Lipinski definition) is 1. The van der Waals surface area contributed by atoms with Crippen molar-refractivity contribution in [2.45, 2.75) is 45.1 Å². The molecule has 20 heavy (non-hydrogen) atoms. The highest BCUT2D eigenvalue weighted by molar-refractivity contribution is 4.84. The Morgan fingerprint density at radius 1 is 1.10 bits per heavy atom. The Hall–Kier alpha value is -0.160. The highest BCUT2D eigenvalue weighted by Gasteiger charge is 2.28. The predicted molar refractivity (Wildman–Crippen MR) is 84.2 cm³/mol. The first kappa shape index (κ1) is 16.2. The fraction of sp³-hybridized carbons (Fsp3) is 1.00. The van der Waals surface area contributed by atoms with Crippen molar-refractivity contribution in [1.29, 1.82) is 0 Å². The van der Waals surface area contributed by atoms with E-state index >= 15 is 0 Å². The minimum Gasteiger partial charge on any atom is -0.380 e. The smallest absolute Gasteiger partial charge is 0.0590 e. The van der Waals surface area contributed by atoms with E-state index in [1.807, 2.05) is 0 Å². The molecule has 2 fully saturated rings. The Balaban J connectivity index is 1.48. The van der Waals surface area contributed by atoms with E-state index in [0.29, 0.717) is 0 Å². The highest BCUT2D eigenvalue weighted by Crippen LogP contribution is 2.20. The van der Waals surface area contributed by atoms with Gasteiger partial charge in [0.15, 0.2) is 0 Å². The van der Waals surface area contributed by atoms with Gasteiger partial charge in [-0.3, -0.25) is 4.90 Å². The Kier molecular flexibility index (Phi) is 7.88. The summed E-state index contributed by atoms with van der Waals surface area (Å²) in [6.07, 6.45) is 6.57. The largest absolute Gasteiger partial charge is 0.380 e. The summed E-state index contributed by atoms with van der Waals surface area (Å²) in [6.45, 7) is 12.5. The van der Waals surface area contributed by atoms with Gasteiger partial charge in [-0.25, -0.2) is 0 Å². The summed E-state index contributed by atoms with van der Waals surface area (Å²) in [5.74, 6) is 0. The molecule has 2 rings (SSSR count). The monoisotopic (exact) mass is 283 g/mol. The first-order chi connectivity index (χ1) is 9.90. The molecule has 1 unspecified atom stereocenters. The normalized spacial score (nSPS) is 24.8. The molecule has 4 nitrogen and oxygen atoms in total. The van der Waals surface area contributed by atoms with Crippen LogP contribution in [0.4, 0.5) is 0 Å². The molecule has 1 N–H and O–H groups in total. The molecule has 2 aliphatic heterocycles. The average Bonchev–Trinajstić information content (AvgIpc) is 2.80. The van der Waals surface area contributed by atoms with Crippen LogP contribution < -0.4 is 5.32 Å². The molecule has 2 aliphatic rings. The molecule has 2 saturated heterocycles. The number of unbranched alkanes of at least 4 members (excludes halogenated alkanes) is 1. The van der Waals surface area contributed by atoms with Gasteiger partial charge in [0, 0.05) is 38.8 Å². The van der Waals surface area contributed by atoms with Gasteiger partial charge in [0.1, 0.15) is 0 Å². The topological polar surface area (TPSA) is 27.7 Å². The van der Waals surface area contributed by atoms with Gasteiger partial charge in [0.05, 0.1) is 6.61 Å². The Labute approximate surface area is 124 Å². The molecule has 0 spiro atoms. The Bertz CT molecular complexity index is 250. The number of ether oxygens (including phenoxy) is 1. The summed E-state index contributed by atoms with van der Waals surface area (Å²) in [5, 5.41) is 3.51. The standard InChI is InChI=1S/C16H33N3O/c1-2-3-13-20-14-8-17-7-12-18-9-5-11-19-10-4-6-16(19)15-18/h16-17H,2-15H2,1H3. The molecular formula is C16H33N3O. The van der Waals surface area contributed by atoms with E-state index in [9.17, 15) is 0 Å². The second-order valence-corrected chi connectivity index (χ2v) is 6.20. The minimum atomic E-state index is 0.842. The first-order valence-corrected chi connectivity index (χ1v) is 8.65. The maximum atomic E-state index is 5.56. The maximum absolute atomic E-state index is 5.56. The quantitative estimate of drug-likeness (QED) is 0.650. The van der Waals surface area contributed by atoms with E-state index in [4.69, 9.17) is 4.74 Å². The van der Waals surface area contributed by atoms with Gasteiger partial charge in [-0.2, -0.15) is 0 Å². The van der Waals surface area contributed by atoms with Crippen molar-refractivity contribution in [2.24, 2.45) is 0 Å². The van der Waals surface area contributed by atoms with Crippen molar-refractivity contribution in [3.05, 3.63) is 0 Å². The molecule has 0 aromatic carbocycles. The third kappa shape index (κ3) is 5.68. The summed E-state index contributed by atoms with van der Waals surface area (Å²) < 4.78 is 5.56. The molecule has 0 radical (unpaired) electrons. The third-order valence-electron chi connectivity index (χ3n) is 4.56. The predicted octanol–water partition coefficient (Wildman–Crippen LogP) is 1.56. The molecular weight excluding hydrogens is 250 g/mol. The first-order valence-electron chi connectivity index (χ1n) is 8.65. The van der Waals surface area contributed by atoms with Crippen molar-refractivity contribution >= 4 is 0 Å². The van der Waals surface area contributed by atoms with Crippen molar-refractivity contribution in [2.75, 3.05) is 59.0 Å². The minimum absolute atomic E-state index is 0.842. The third-order valence-corrected chi connectivity index (χ3v) is 4.56. The molecule has 4 heteroatoms. The van der Waals surface area contributed by atoms with Gasteiger partial charge in [-0.15, -0.1) is 0 Å². The molecule has 2 heterocycles. The van der Waals surface area contributed by atoms with Crippen LogP contribution in [-0.4, -0.2) is 74.9 Å².